The first-order valence-electron chi connectivity index (χ1n) is 5.86. The summed E-state index contributed by atoms with van der Waals surface area (Å²) >= 11 is 0. The van der Waals surface area contributed by atoms with Gasteiger partial charge in [-0.15, -0.1) is 0 Å². The summed E-state index contributed by atoms with van der Waals surface area (Å²) in [6, 6.07) is 5.33. The normalized spacial score (nSPS) is 20.5. The Morgan fingerprint density at radius 2 is 2.33 bits per heavy atom. The molecule has 96 valence electrons. The number of hydrogen-bond donors (Lipinski definition) is 2. The minimum absolute atomic E-state index is 0.301. The molecular formula is C14H17NO3. The molecule has 1 aliphatic rings. The number of hydrogen-bond acceptors (Lipinski definition) is 3. The van der Waals surface area contributed by atoms with Gasteiger partial charge in [-0.2, -0.15) is 0 Å². The zero-order valence-corrected chi connectivity index (χ0v) is 10.6. The van der Waals surface area contributed by atoms with E-state index in [1.807, 2.05) is 13.8 Å². The van der Waals surface area contributed by atoms with Crippen molar-refractivity contribution < 1.29 is 14.6 Å². The topological polar surface area (TPSA) is 58.6 Å². The lowest BCUT2D eigenvalue weighted by Gasteiger charge is -2.36. The summed E-state index contributed by atoms with van der Waals surface area (Å²) in [6.07, 6.45) is 1.15. The van der Waals surface area contributed by atoms with Crippen LogP contribution in [0.5, 0.6) is 5.75 Å². The molecule has 0 radical (unpaired) electrons. The first-order valence-corrected chi connectivity index (χ1v) is 5.86. The van der Waals surface area contributed by atoms with E-state index in [2.05, 4.69) is 11.9 Å². The fourth-order valence-corrected chi connectivity index (χ4v) is 2.11. The van der Waals surface area contributed by atoms with E-state index in [1.54, 1.807) is 18.2 Å². The quantitative estimate of drug-likeness (QED) is 0.789. The predicted octanol–water partition coefficient (Wildman–Crippen LogP) is 2.41. The van der Waals surface area contributed by atoms with Crippen molar-refractivity contribution in [2.75, 3.05) is 5.32 Å². The summed E-state index contributed by atoms with van der Waals surface area (Å²) in [6.45, 7) is 7.23. The molecule has 18 heavy (non-hydrogen) atoms. The highest BCUT2D eigenvalue weighted by molar-refractivity contribution is 6.00. The lowest BCUT2D eigenvalue weighted by molar-refractivity contribution is -0.111. The molecule has 0 aromatic heterocycles. The van der Waals surface area contributed by atoms with Gasteiger partial charge in [0.05, 0.1) is 11.8 Å². The average Bonchev–Trinajstić information content (AvgIpc) is 2.29. The Morgan fingerprint density at radius 1 is 1.61 bits per heavy atom. The number of rotatable bonds is 2. The van der Waals surface area contributed by atoms with E-state index in [9.17, 15) is 9.90 Å². The Morgan fingerprint density at radius 3 is 3.00 bits per heavy atom. The van der Waals surface area contributed by atoms with Gasteiger partial charge in [0, 0.05) is 12.0 Å². The van der Waals surface area contributed by atoms with Gasteiger partial charge in [0.1, 0.15) is 11.4 Å². The zero-order valence-electron chi connectivity index (χ0n) is 10.6. The van der Waals surface area contributed by atoms with E-state index in [-0.39, 0.29) is 5.91 Å². The van der Waals surface area contributed by atoms with Crippen LogP contribution in [0.4, 0.5) is 5.69 Å². The molecular weight excluding hydrogens is 230 g/mol. The van der Waals surface area contributed by atoms with Crippen molar-refractivity contribution in [3.63, 3.8) is 0 Å². The molecule has 1 atom stereocenters. The molecule has 0 saturated carbocycles. The van der Waals surface area contributed by atoms with E-state index in [1.165, 1.54) is 6.08 Å². The van der Waals surface area contributed by atoms with Gasteiger partial charge in [0.2, 0.25) is 5.91 Å². The van der Waals surface area contributed by atoms with Crippen LogP contribution in [0.2, 0.25) is 0 Å². The summed E-state index contributed by atoms with van der Waals surface area (Å²) in [5.41, 5.74) is 0.807. The Balaban J connectivity index is 2.42. The third-order valence-corrected chi connectivity index (χ3v) is 2.91. The number of aliphatic hydroxyl groups excluding tert-OH is 1. The minimum Gasteiger partial charge on any atom is -0.485 e. The lowest BCUT2D eigenvalue weighted by Crippen LogP contribution is -2.35. The minimum atomic E-state index is -0.579. The number of para-hydroxylation sites is 1. The van der Waals surface area contributed by atoms with Crippen LogP contribution < -0.4 is 10.1 Å². The maximum atomic E-state index is 11.4. The molecule has 4 heteroatoms. The van der Waals surface area contributed by atoms with Crippen molar-refractivity contribution in [3.05, 3.63) is 36.4 Å². The van der Waals surface area contributed by atoms with Crippen molar-refractivity contribution in [3.8, 4) is 5.75 Å². The van der Waals surface area contributed by atoms with Gasteiger partial charge in [-0.1, -0.05) is 18.7 Å². The summed E-state index contributed by atoms with van der Waals surface area (Å²) in [7, 11) is 0. The molecule has 1 aromatic rings. The first-order chi connectivity index (χ1) is 8.43. The molecule has 2 rings (SSSR count). The zero-order chi connectivity index (χ0) is 13.3. The highest BCUT2D eigenvalue weighted by Gasteiger charge is 2.34. The summed E-state index contributed by atoms with van der Waals surface area (Å²) in [5, 5.41) is 12.8. The second kappa shape index (κ2) is 4.46. The molecule has 4 nitrogen and oxygen atoms in total. The molecule has 1 aliphatic heterocycles. The molecule has 0 bridgehead atoms. The Hall–Kier alpha value is -1.81. The maximum absolute atomic E-state index is 11.4. The fourth-order valence-electron chi connectivity index (χ4n) is 2.11. The van der Waals surface area contributed by atoms with E-state index in [0.29, 0.717) is 23.4 Å². The van der Waals surface area contributed by atoms with Crippen LogP contribution in [-0.4, -0.2) is 16.6 Å². The fraction of sp³-hybridized carbons (Fsp3) is 0.357. The van der Waals surface area contributed by atoms with Crippen LogP contribution in [0.15, 0.2) is 30.9 Å². The summed E-state index contributed by atoms with van der Waals surface area (Å²) in [4.78, 5) is 11.4. The number of carbonyl (C=O) groups is 1. The number of benzene rings is 1. The highest BCUT2D eigenvalue weighted by atomic mass is 16.5. The van der Waals surface area contributed by atoms with Gasteiger partial charge in [-0.25, -0.2) is 0 Å². The molecule has 0 spiro atoms. The molecule has 1 aromatic carbocycles. The molecule has 1 unspecified atom stereocenters. The van der Waals surface area contributed by atoms with Gasteiger partial charge >= 0.3 is 0 Å². The van der Waals surface area contributed by atoms with Crippen LogP contribution in [-0.2, 0) is 4.79 Å². The Labute approximate surface area is 106 Å². The molecule has 0 saturated heterocycles. The number of nitrogens with one attached hydrogen (secondary N) is 1. The van der Waals surface area contributed by atoms with Crippen molar-refractivity contribution >= 4 is 11.6 Å². The van der Waals surface area contributed by atoms with Gasteiger partial charge in [0.25, 0.3) is 0 Å². The second-order valence-corrected chi connectivity index (χ2v) is 5.00. The molecule has 1 amide bonds. The third-order valence-electron chi connectivity index (χ3n) is 2.91. The molecule has 0 aliphatic carbocycles. The van der Waals surface area contributed by atoms with E-state index >= 15 is 0 Å². The van der Waals surface area contributed by atoms with Gasteiger partial charge in [0.15, 0.2) is 0 Å². The van der Waals surface area contributed by atoms with Crippen LogP contribution in [0.3, 0.4) is 0 Å². The largest absolute Gasteiger partial charge is 0.485 e. The molecule has 0 fully saturated rings. The number of aliphatic hydroxyl groups is 1. The summed E-state index contributed by atoms with van der Waals surface area (Å²) in [5.74, 6) is 0.237. The number of fused-ring (bicyclic) bond motifs is 1. The van der Waals surface area contributed by atoms with Crippen LogP contribution in [0, 0.1) is 0 Å². The predicted molar refractivity (Wildman–Crippen MR) is 69.6 cm³/mol. The lowest BCUT2D eigenvalue weighted by atomic mass is 9.91. The Bertz CT molecular complexity index is 494. The Kier molecular flexibility index (Phi) is 3.13. The number of ether oxygens (including phenoxy) is 1. The molecule has 1 heterocycles. The highest BCUT2D eigenvalue weighted by Crippen LogP contribution is 2.43. The smallest absolute Gasteiger partial charge is 0.247 e. The third kappa shape index (κ3) is 2.38. The molecule has 2 N–H and O–H groups in total. The van der Waals surface area contributed by atoms with Gasteiger partial charge in [-0.05, 0) is 26.0 Å². The standard InChI is InChI=1S/C14H17NO3/c1-4-12(17)15-10-7-5-6-9-11(16)8-14(2,3)18-13(9)10/h4-7,11,16H,1,8H2,2-3H3,(H,15,17). The van der Waals surface area contributed by atoms with E-state index in [4.69, 9.17) is 4.74 Å². The number of carbonyl (C=O) groups excluding carboxylic acids is 1. The van der Waals surface area contributed by atoms with Gasteiger partial charge < -0.3 is 15.2 Å². The van der Waals surface area contributed by atoms with E-state index in [0.717, 1.165) is 0 Å². The van der Waals surface area contributed by atoms with Crippen molar-refractivity contribution in [2.24, 2.45) is 0 Å². The SMILES string of the molecule is C=CC(=O)Nc1cccc2c1OC(C)(C)CC2O. The summed E-state index contributed by atoms with van der Waals surface area (Å²) < 4.78 is 5.86. The van der Waals surface area contributed by atoms with Crippen LogP contribution in [0.25, 0.3) is 0 Å². The van der Waals surface area contributed by atoms with Gasteiger partial charge in [-0.3, -0.25) is 4.79 Å². The van der Waals surface area contributed by atoms with Crippen LogP contribution >= 0.6 is 0 Å². The maximum Gasteiger partial charge on any atom is 0.247 e. The average molecular weight is 247 g/mol. The van der Waals surface area contributed by atoms with E-state index < -0.39 is 11.7 Å². The van der Waals surface area contributed by atoms with Crippen molar-refractivity contribution in [1.29, 1.82) is 0 Å². The first kappa shape index (κ1) is 12.6. The number of amides is 1. The van der Waals surface area contributed by atoms with Crippen molar-refractivity contribution in [2.45, 2.75) is 32.0 Å². The van der Waals surface area contributed by atoms with Crippen LogP contribution in [0.1, 0.15) is 31.9 Å². The van der Waals surface area contributed by atoms with Crippen molar-refractivity contribution in [1.82, 2.24) is 0 Å². The number of anilines is 1. The monoisotopic (exact) mass is 247 g/mol. The second-order valence-electron chi connectivity index (χ2n) is 5.00.